The molecule has 0 radical (unpaired) electrons. The van der Waals surface area contributed by atoms with Crippen molar-refractivity contribution in [3.63, 3.8) is 0 Å². The van der Waals surface area contributed by atoms with Gasteiger partial charge in [0.25, 0.3) is 0 Å². The number of hydrogen-bond donors (Lipinski definition) is 1. The van der Waals surface area contributed by atoms with Crippen molar-refractivity contribution in [3.05, 3.63) is 77.2 Å². The van der Waals surface area contributed by atoms with Crippen LogP contribution in [0.15, 0.2) is 71.6 Å². The number of para-hydroxylation sites is 1. The number of hydrogen-bond acceptors (Lipinski definition) is 5. The van der Waals surface area contributed by atoms with Crippen molar-refractivity contribution in [1.82, 2.24) is 10.0 Å². The summed E-state index contributed by atoms with van der Waals surface area (Å²) in [5.74, 6) is -3.76. The van der Waals surface area contributed by atoms with Crippen LogP contribution in [-0.2, 0) is 14.4 Å². The largest absolute Gasteiger partial charge is 0.471 e. The molecule has 9 heteroatoms. The highest BCUT2D eigenvalue weighted by molar-refractivity contribution is 6.24. The third kappa shape index (κ3) is 4.22. The molecule has 0 aromatic heterocycles. The first-order valence-corrected chi connectivity index (χ1v) is 9.35. The van der Waals surface area contributed by atoms with Gasteiger partial charge < -0.3 is 5.32 Å². The zero-order chi connectivity index (χ0) is 22.9. The van der Waals surface area contributed by atoms with Crippen LogP contribution in [0.3, 0.4) is 0 Å². The first kappa shape index (κ1) is 22.2. The molecule has 1 aromatic rings. The second kappa shape index (κ2) is 8.35. The number of amides is 1. The number of allylic oxidation sites excluding steroid dienone is 6. The van der Waals surface area contributed by atoms with E-state index in [4.69, 9.17) is 0 Å². The standard InChI is InChI=1S/C22H20F3N3O3/c1-4-7-13-12-17(29)19-18(20(13)30)15(10-11-28(19)27(2)3)14-8-5-6-9-16(14)26-21(31)22(23,24)25/h4-12,15H,1-3H3,(H,26,31)/b7-4-. The third-order valence-electron chi connectivity index (χ3n) is 4.82. The summed E-state index contributed by atoms with van der Waals surface area (Å²) in [5.41, 5.74) is 0.609. The molecule has 1 aromatic carbocycles. The molecule has 1 atom stereocenters. The highest BCUT2D eigenvalue weighted by Crippen LogP contribution is 2.41. The Morgan fingerprint density at radius 2 is 1.87 bits per heavy atom. The average Bonchev–Trinajstić information content (AvgIpc) is 2.70. The summed E-state index contributed by atoms with van der Waals surface area (Å²) < 4.78 is 38.4. The zero-order valence-corrected chi connectivity index (χ0v) is 17.0. The van der Waals surface area contributed by atoms with Gasteiger partial charge in [0.05, 0.1) is 0 Å². The molecule has 0 spiro atoms. The smallest absolute Gasteiger partial charge is 0.318 e. The Bertz CT molecular complexity index is 1070. The van der Waals surface area contributed by atoms with Crippen LogP contribution in [0, 0.1) is 0 Å². The van der Waals surface area contributed by atoms with E-state index in [-0.39, 0.29) is 28.1 Å². The summed E-state index contributed by atoms with van der Waals surface area (Å²) >= 11 is 0. The Hall–Kier alpha value is -3.46. The first-order valence-electron chi connectivity index (χ1n) is 9.35. The van der Waals surface area contributed by atoms with Gasteiger partial charge in [0.2, 0.25) is 5.78 Å². The number of benzene rings is 1. The average molecular weight is 431 g/mol. The maximum atomic E-state index is 13.3. The minimum Gasteiger partial charge on any atom is -0.318 e. The van der Waals surface area contributed by atoms with Gasteiger partial charge in [-0.05, 0) is 24.6 Å². The number of carbonyl (C=O) groups is 3. The Labute approximate surface area is 177 Å². The van der Waals surface area contributed by atoms with Crippen molar-refractivity contribution in [1.29, 1.82) is 0 Å². The Balaban J connectivity index is 2.15. The van der Waals surface area contributed by atoms with Crippen molar-refractivity contribution >= 4 is 23.2 Å². The van der Waals surface area contributed by atoms with Crippen LogP contribution in [0.4, 0.5) is 18.9 Å². The summed E-state index contributed by atoms with van der Waals surface area (Å²) in [5, 5.41) is 4.99. The lowest BCUT2D eigenvalue weighted by molar-refractivity contribution is -0.167. The van der Waals surface area contributed by atoms with Crippen molar-refractivity contribution in [2.45, 2.75) is 19.0 Å². The van der Waals surface area contributed by atoms with E-state index >= 15 is 0 Å². The molecule has 1 heterocycles. The Morgan fingerprint density at radius 1 is 1.19 bits per heavy atom. The van der Waals surface area contributed by atoms with Gasteiger partial charge in [-0.25, -0.2) is 5.01 Å². The fraction of sp³-hybridized carbons (Fsp3) is 0.227. The molecule has 1 unspecified atom stereocenters. The van der Waals surface area contributed by atoms with Gasteiger partial charge in [-0.1, -0.05) is 36.4 Å². The van der Waals surface area contributed by atoms with Crippen molar-refractivity contribution in [2.24, 2.45) is 0 Å². The molecule has 1 aliphatic heterocycles. The van der Waals surface area contributed by atoms with Crippen LogP contribution in [0.5, 0.6) is 0 Å². The molecule has 0 saturated heterocycles. The number of nitrogens with zero attached hydrogens (tertiary/aromatic N) is 2. The summed E-state index contributed by atoms with van der Waals surface area (Å²) in [6.07, 6.45) is 2.49. The van der Waals surface area contributed by atoms with Gasteiger partial charge in [-0.2, -0.15) is 13.2 Å². The summed E-state index contributed by atoms with van der Waals surface area (Å²) in [4.78, 5) is 37.7. The fourth-order valence-corrected chi connectivity index (χ4v) is 3.51. The fourth-order valence-electron chi connectivity index (χ4n) is 3.51. The maximum absolute atomic E-state index is 13.3. The van der Waals surface area contributed by atoms with Crippen LogP contribution >= 0.6 is 0 Å². The van der Waals surface area contributed by atoms with Gasteiger partial charge in [-0.15, -0.1) is 0 Å². The lowest BCUT2D eigenvalue weighted by atomic mass is 9.79. The molecule has 31 heavy (non-hydrogen) atoms. The number of anilines is 1. The number of halogens is 3. The van der Waals surface area contributed by atoms with Crippen LogP contribution < -0.4 is 5.32 Å². The van der Waals surface area contributed by atoms with E-state index in [1.54, 1.807) is 50.4 Å². The van der Waals surface area contributed by atoms with E-state index in [2.05, 4.69) is 0 Å². The Kier molecular flexibility index (Phi) is 5.99. The highest BCUT2D eigenvalue weighted by Gasteiger charge is 2.41. The van der Waals surface area contributed by atoms with Gasteiger partial charge in [0.1, 0.15) is 5.70 Å². The topological polar surface area (TPSA) is 69.7 Å². The predicted molar refractivity (Wildman–Crippen MR) is 108 cm³/mol. The van der Waals surface area contributed by atoms with E-state index < -0.39 is 29.6 Å². The summed E-state index contributed by atoms with van der Waals surface area (Å²) in [6, 6.07) is 5.90. The van der Waals surface area contributed by atoms with E-state index in [1.165, 1.54) is 35.4 Å². The summed E-state index contributed by atoms with van der Waals surface area (Å²) in [7, 11) is 3.38. The van der Waals surface area contributed by atoms with Crippen molar-refractivity contribution in [3.8, 4) is 0 Å². The molecule has 0 fully saturated rings. The first-order chi connectivity index (χ1) is 14.6. The van der Waals surface area contributed by atoms with Crippen molar-refractivity contribution in [2.75, 3.05) is 19.4 Å². The summed E-state index contributed by atoms with van der Waals surface area (Å²) in [6.45, 7) is 1.70. The molecule has 0 bridgehead atoms. The molecule has 3 rings (SSSR count). The van der Waals surface area contributed by atoms with E-state index in [1.807, 2.05) is 5.32 Å². The molecule has 162 valence electrons. The number of Topliss-reactive ketones (excluding diaryl/α,β-unsaturated/α-hetero) is 1. The molecule has 0 saturated carbocycles. The SMILES string of the molecule is C/C=C\C1=CC(=O)C2=C(C1=O)C(c1ccccc1NC(=O)C(F)(F)F)C=CN2N(C)C. The molecule has 1 N–H and O–H groups in total. The van der Waals surface area contributed by atoms with Crippen LogP contribution in [0.1, 0.15) is 18.4 Å². The molecule has 6 nitrogen and oxygen atoms in total. The van der Waals surface area contributed by atoms with Crippen LogP contribution in [0.2, 0.25) is 0 Å². The van der Waals surface area contributed by atoms with Gasteiger partial charge in [-0.3, -0.25) is 19.4 Å². The number of hydrazine groups is 1. The lowest BCUT2D eigenvalue weighted by Crippen LogP contribution is -2.41. The van der Waals surface area contributed by atoms with Crippen molar-refractivity contribution < 1.29 is 27.6 Å². The van der Waals surface area contributed by atoms with E-state index in [0.717, 1.165) is 0 Å². The predicted octanol–water partition coefficient (Wildman–Crippen LogP) is 3.49. The van der Waals surface area contributed by atoms with Crippen LogP contribution in [-0.4, -0.2) is 47.8 Å². The number of ketones is 2. The monoisotopic (exact) mass is 431 g/mol. The maximum Gasteiger partial charge on any atom is 0.471 e. The highest BCUT2D eigenvalue weighted by atomic mass is 19.4. The molecular weight excluding hydrogens is 411 g/mol. The molecule has 2 aliphatic rings. The minimum absolute atomic E-state index is 0.0907. The Morgan fingerprint density at radius 3 is 2.48 bits per heavy atom. The number of nitrogens with one attached hydrogen (secondary N) is 1. The normalized spacial score (nSPS) is 19.3. The molecule has 1 aliphatic carbocycles. The minimum atomic E-state index is -5.07. The third-order valence-corrected chi connectivity index (χ3v) is 4.82. The molecular formula is C22H20F3N3O3. The van der Waals surface area contributed by atoms with Gasteiger partial charge >= 0.3 is 12.1 Å². The van der Waals surface area contributed by atoms with E-state index in [0.29, 0.717) is 0 Å². The van der Waals surface area contributed by atoms with Gasteiger partial charge in [0.15, 0.2) is 5.78 Å². The second-order valence-corrected chi connectivity index (χ2v) is 7.11. The second-order valence-electron chi connectivity index (χ2n) is 7.11. The number of rotatable bonds is 4. The quantitative estimate of drug-likeness (QED) is 0.740. The zero-order valence-electron chi connectivity index (χ0n) is 17.0. The molecule has 1 amide bonds. The number of alkyl halides is 3. The number of carbonyl (C=O) groups excluding carboxylic acids is 3. The van der Waals surface area contributed by atoms with E-state index in [9.17, 15) is 27.6 Å². The van der Waals surface area contributed by atoms with Crippen LogP contribution in [0.25, 0.3) is 0 Å². The van der Waals surface area contributed by atoms with Gasteiger partial charge in [0, 0.05) is 43.0 Å². The lowest BCUT2D eigenvalue weighted by Gasteiger charge is -2.37.